The molecule has 9 heteroatoms. The van der Waals surface area contributed by atoms with E-state index < -0.39 is 0 Å². The summed E-state index contributed by atoms with van der Waals surface area (Å²) >= 11 is 1.53. The molecule has 8 nitrogen and oxygen atoms in total. The summed E-state index contributed by atoms with van der Waals surface area (Å²) < 4.78 is 5.01. The van der Waals surface area contributed by atoms with Crippen molar-refractivity contribution in [3.8, 4) is 0 Å². The second-order valence-corrected chi connectivity index (χ2v) is 8.60. The first-order valence-corrected chi connectivity index (χ1v) is 11.0. The summed E-state index contributed by atoms with van der Waals surface area (Å²) in [5.41, 5.74) is 1.71. The highest BCUT2D eigenvalue weighted by Gasteiger charge is 2.27. The third-order valence-electron chi connectivity index (χ3n) is 5.43. The summed E-state index contributed by atoms with van der Waals surface area (Å²) in [6.07, 6.45) is 4.02. The van der Waals surface area contributed by atoms with Gasteiger partial charge in [0.25, 0.3) is 5.91 Å². The molecule has 1 fully saturated rings. The first kappa shape index (κ1) is 21.7. The van der Waals surface area contributed by atoms with E-state index in [2.05, 4.69) is 10.6 Å². The number of hydrogen-bond acceptors (Lipinski definition) is 6. The van der Waals surface area contributed by atoms with Crippen molar-refractivity contribution in [3.63, 3.8) is 0 Å². The lowest BCUT2D eigenvalue weighted by Crippen LogP contribution is -2.49. The Kier molecular flexibility index (Phi) is 7.63. The summed E-state index contributed by atoms with van der Waals surface area (Å²) in [5.74, 6) is -0.194. The van der Waals surface area contributed by atoms with Gasteiger partial charge in [0, 0.05) is 51.6 Å². The zero-order valence-electron chi connectivity index (χ0n) is 17.2. The Hall–Kier alpha value is -1.97. The third kappa shape index (κ3) is 5.55. The van der Waals surface area contributed by atoms with E-state index in [-0.39, 0.29) is 24.3 Å². The van der Waals surface area contributed by atoms with Gasteiger partial charge < -0.3 is 20.3 Å². The van der Waals surface area contributed by atoms with Gasteiger partial charge in [-0.15, -0.1) is 11.3 Å². The average molecular weight is 423 g/mol. The van der Waals surface area contributed by atoms with Gasteiger partial charge in [-0.1, -0.05) is 0 Å². The fraction of sp³-hybridized carbons (Fsp3) is 0.650. The number of rotatable bonds is 7. The first-order chi connectivity index (χ1) is 14.0. The quantitative estimate of drug-likeness (QED) is 0.643. The molecule has 160 valence electrons. The van der Waals surface area contributed by atoms with E-state index in [4.69, 9.17) is 4.74 Å². The Bertz CT molecular complexity index is 756. The number of aryl methyl sites for hydroxylation is 1. The standard InChI is InChI=1S/C20H30N4O4S/c1-14(25)24-10-8-23(9-11-24)13-17(26)22-20-18(19(27)21-7-12-28-2)15-5-3-4-6-16(15)29-20/h3-13H2,1-2H3,(H,21,27)(H,22,26). The van der Waals surface area contributed by atoms with Crippen LogP contribution in [-0.2, 0) is 27.2 Å². The zero-order chi connectivity index (χ0) is 20.8. The number of fused-ring (bicyclic) bond motifs is 1. The number of anilines is 1. The smallest absolute Gasteiger partial charge is 0.254 e. The van der Waals surface area contributed by atoms with E-state index in [1.165, 1.54) is 16.2 Å². The molecule has 1 aliphatic heterocycles. The van der Waals surface area contributed by atoms with Gasteiger partial charge in [0.15, 0.2) is 0 Å². The Labute approximate surface area is 175 Å². The Morgan fingerprint density at radius 3 is 2.52 bits per heavy atom. The van der Waals surface area contributed by atoms with Crippen LogP contribution in [0.1, 0.15) is 40.6 Å². The molecule has 1 aromatic rings. The van der Waals surface area contributed by atoms with Crippen molar-refractivity contribution < 1.29 is 19.1 Å². The van der Waals surface area contributed by atoms with Crippen LogP contribution in [0.2, 0.25) is 0 Å². The van der Waals surface area contributed by atoms with Crippen LogP contribution in [0.15, 0.2) is 0 Å². The van der Waals surface area contributed by atoms with Crippen molar-refractivity contribution in [2.24, 2.45) is 0 Å². The molecule has 3 amide bonds. The molecule has 29 heavy (non-hydrogen) atoms. The van der Waals surface area contributed by atoms with E-state index in [1.807, 2.05) is 4.90 Å². The normalized spacial score (nSPS) is 17.0. The van der Waals surface area contributed by atoms with Crippen LogP contribution in [0, 0.1) is 0 Å². The van der Waals surface area contributed by atoms with Crippen LogP contribution >= 0.6 is 11.3 Å². The third-order valence-corrected chi connectivity index (χ3v) is 6.64. The van der Waals surface area contributed by atoms with E-state index >= 15 is 0 Å². The highest BCUT2D eigenvalue weighted by Crippen LogP contribution is 2.38. The molecule has 1 aliphatic carbocycles. The number of carbonyl (C=O) groups is 3. The Morgan fingerprint density at radius 2 is 1.83 bits per heavy atom. The minimum Gasteiger partial charge on any atom is -0.383 e. The summed E-state index contributed by atoms with van der Waals surface area (Å²) in [4.78, 5) is 41.9. The maximum atomic E-state index is 12.8. The number of hydrogen-bond donors (Lipinski definition) is 2. The van der Waals surface area contributed by atoms with Gasteiger partial charge in [0.05, 0.1) is 18.7 Å². The second kappa shape index (κ2) is 10.2. The second-order valence-electron chi connectivity index (χ2n) is 7.49. The molecule has 2 N–H and O–H groups in total. The van der Waals surface area contributed by atoms with Crippen molar-refractivity contribution >= 4 is 34.1 Å². The maximum absolute atomic E-state index is 12.8. The molecule has 0 saturated carbocycles. The highest BCUT2D eigenvalue weighted by atomic mass is 32.1. The largest absolute Gasteiger partial charge is 0.383 e. The van der Waals surface area contributed by atoms with Gasteiger partial charge in [0.2, 0.25) is 11.8 Å². The van der Waals surface area contributed by atoms with Crippen LogP contribution in [-0.4, -0.2) is 80.5 Å². The van der Waals surface area contributed by atoms with Crippen molar-refractivity contribution in [2.45, 2.75) is 32.6 Å². The molecule has 0 unspecified atom stereocenters. The number of amides is 3. The van der Waals surface area contributed by atoms with Crippen molar-refractivity contribution in [3.05, 3.63) is 16.0 Å². The minimum absolute atomic E-state index is 0.0717. The van der Waals surface area contributed by atoms with Crippen molar-refractivity contribution in [2.75, 3.05) is 58.3 Å². The predicted octanol–water partition coefficient (Wildman–Crippen LogP) is 1.11. The number of thiophene rings is 1. The molecular weight excluding hydrogens is 392 g/mol. The number of nitrogens with zero attached hydrogens (tertiary/aromatic N) is 2. The number of ether oxygens (including phenoxy) is 1. The topological polar surface area (TPSA) is 91.0 Å². The molecule has 0 spiro atoms. The van der Waals surface area contributed by atoms with E-state index in [0.29, 0.717) is 49.9 Å². The number of nitrogens with one attached hydrogen (secondary N) is 2. The number of piperazine rings is 1. The molecule has 2 heterocycles. The Balaban J connectivity index is 1.65. The van der Waals surface area contributed by atoms with Crippen molar-refractivity contribution in [1.82, 2.24) is 15.1 Å². The van der Waals surface area contributed by atoms with Gasteiger partial charge >= 0.3 is 0 Å². The molecule has 1 aromatic heterocycles. The van der Waals surface area contributed by atoms with Gasteiger partial charge in [-0.2, -0.15) is 0 Å². The SMILES string of the molecule is COCCNC(=O)c1c(NC(=O)CN2CCN(C(C)=O)CC2)sc2c1CCCC2. The van der Waals surface area contributed by atoms with Crippen LogP contribution in [0.25, 0.3) is 0 Å². The van der Waals surface area contributed by atoms with Crippen LogP contribution < -0.4 is 10.6 Å². The molecule has 1 saturated heterocycles. The molecule has 0 radical (unpaired) electrons. The summed E-state index contributed by atoms with van der Waals surface area (Å²) in [6, 6.07) is 0. The first-order valence-electron chi connectivity index (χ1n) is 10.2. The van der Waals surface area contributed by atoms with Gasteiger partial charge in [-0.3, -0.25) is 19.3 Å². The lowest BCUT2D eigenvalue weighted by Gasteiger charge is -2.33. The molecule has 0 aromatic carbocycles. The summed E-state index contributed by atoms with van der Waals surface area (Å²) in [6.45, 7) is 5.36. The molecule has 2 aliphatic rings. The Morgan fingerprint density at radius 1 is 1.10 bits per heavy atom. The van der Waals surface area contributed by atoms with E-state index in [0.717, 1.165) is 31.2 Å². The highest BCUT2D eigenvalue weighted by molar-refractivity contribution is 7.17. The fourth-order valence-electron chi connectivity index (χ4n) is 3.84. The fourth-order valence-corrected chi connectivity index (χ4v) is 5.14. The summed E-state index contributed by atoms with van der Waals surface area (Å²) in [7, 11) is 1.60. The lowest BCUT2D eigenvalue weighted by molar-refractivity contribution is -0.130. The van der Waals surface area contributed by atoms with Gasteiger partial charge in [-0.25, -0.2) is 0 Å². The zero-order valence-corrected chi connectivity index (χ0v) is 18.0. The summed E-state index contributed by atoms with van der Waals surface area (Å²) in [5, 5.41) is 6.53. The number of methoxy groups -OCH3 is 1. The van der Waals surface area contributed by atoms with Crippen LogP contribution in [0.3, 0.4) is 0 Å². The van der Waals surface area contributed by atoms with Gasteiger partial charge in [-0.05, 0) is 31.2 Å². The van der Waals surface area contributed by atoms with Gasteiger partial charge in [0.1, 0.15) is 5.00 Å². The number of carbonyl (C=O) groups excluding carboxylic acids is 3. The lowest BCUT2D eigenvalue weighted by atomic mass is 9.95. The molecule has 3 rings (SSSR count). The monoisotopic (exact) mass is 422 g/mol. The predicted molar refractivity (Wildman–Crippen MR) is 112 cm³/mol. The maximum Gasteiger partial charge on any atom is 0.254 e. The van der Waals surface area contributed by atoms with E-state index in [1.54, 1.807) is 18.9 Å². The van der Waals surface area contributed by atoms with E-state index in [9.17, 15) is 14.4 Å². The average Bonchev–Trinajstić information content (AvgIpc) is 3.06. The van der Waals surface area contributed by atoms with Crippen molar-refractivity contribution in [1.29, 1.82) is 0 Å². The molecular formula is C20H30N4O4S. The molecule has 0 atom stereocenters. The van der Waals surface area contributed by atoms with Crippen LogP contribution in [0.4, 0.5) is 5.00 Å². The molecule has 0 bridgehead atoms. The minimum atomic E-state index is -0.146. The van der Waals surface area contributed by atoms with Crippen LogP contribution in [0.5, 0.6) is 0 Å².